The highest BCUT2D eigenvalue weighted by molar-refractivity contribution is 5.80. The summed E-state index contributed by atoms with van der Waals surface area (Å²) >= 11 is 0. The normalized spacial score (nSPS) is 17.1. The molecule has 208 valence electrons. The van der Waals surface area contributed by atoms with E-state index in [1.165, 1.54) is 4.80 Å². The molecule has 1 aliphatic carbocycles. The summed E-state index contributed by atoms with van der Waals surface area (Å²) in [7, 11) is 0. The Morgan fingerprint density at radius 1 is 1.00 bits per heavy atom. The van der Waals surface area contributed by atoms with E-state index in [1.807, 2.05) is 53.4 Å². The Bertz CT molecular complexity index is 1400. The molecule has 1 aliphatic heterocycles. The van der Waals surface area contributed by atoms with Gasteiger partial charge in [-0.3, -0.25) is 4.98 Å². The number of nitrogens with zero attached hydrogens (tertiary/aromatic N) is 6. The Labute approximate surface area is 230 Å². The minimum atomic E-state index is -3.09. The summed E-state index contributed by atoms with van der Waals surface area (Å²) in [5, 5.41) is 12.8. The lowest BCUT2D eigenvalue weighted by Crippen LogP contribution is -2.20. The number of anilines is 2. The van der Waals surface area contributed by atoms with Crippen LogP contribution in [0.4, 0.5) is 20.2 Å². The number of ether oxygens (including phenoxy) is 3. The second-order valence-electron chi connectivity index (χ2n) is 9.96. The smallest absolute Gasteiger partial charge is 0.387 e. The minimum Gasteiger partial charge on any atom is -0.487 e. The fourth-order valence-electron chi connectivity index (χ4n) is 4.73. The summed E-state index contributed by atoms with van der Waals surface area (Å²) in [5.41, 5.74) is 2.65. The fourth-order valence-corrected chi connectivity index (χ4v) is 4.73. The van der Waals surface area contributed by atoms with Crippen LogP contribution in [0.15, 0.2) is 67.0 Å². The molecule has 2 aromatic heterocycles. The number of rotatable bonds is 11. The van der Waals surface area contributed by atoms with Crippen molar-refractivity contribution in [3.63, 3.8) is 0 Å². The standard InChI is InChI=1S/C29H30F2N6O3/c30-29(31)40-26-23(28-33-35-37(34-28)25-10-4-5-16-38-25)13-14-24(27(26)39-19-20-11-12-20)36(22-8-2-1-3-9-22)18-21-7-6-15-32-17-21/h1-3,6-9,13-15,17,20,25,29H,4-5,10-12,16,18-19H2. The third kappa shape index (κ3) is 6.04. The van der Waals surface area contributed by atoms with Crippen molar-refractivity contribution in [1.82, 2.24) is 25.2 Å². The largest absolute Gasteiger partial charge is 0.487 e. The van der Waals surface area contributed by atoms with Crippen molar-refractivity contribution in [3.8, 4) is 22.9 Å². The van der Waals surface area contributed by atoms with Gasteiger partial charge in [-0.05, 0) is 79.1 Å². The lowest BCUT2D eigenvalue weighted by atomic mass is 10.1. The zero-order valence-electron chi connectivity index (χ0n) is 21.9. The molecule has 3 heterocycles. The van der Waals surface area contributed by atoms with Crippen molar-refractivity contribution in [2.45, 2.75) is 51.5 Å². The Kier molecular flexibility index (Phi) is 7.80. The van der Waals surface area contributed by atoms with E-state index in [-0.39, 0.29) is 29.1 Å². The maximum Gasteiger partial charge on any atom is 0.387 e. The Morgan fingerprint density at radius 3 is 2.60 bits per heavy atom. The second kappa shape index (κ2) is 12.0. The first-order valence-electron chi connectivity index (χ1n) is 13.5. The summed E-state index contributed by atoms with van der Waals surface area (Å²) in [6, 6.07) is 17.0. The first-order chi connectivity index (χ1) is 19.7. The third-order valence-electron chi connectivity index (χ3n) is 6.96. The fraction of sp³-hybridized carbons (Fsp3) is 0.379. The molecule has 0 radical (unpaired) electrons. The minimum absolute atomic E-state index is 0.121. The number of hydrogen-bond acceptors (Lipinski definition) is 8. The van der Waals surface area contributed by atoms with Gasteiger partial charge in [-0.2, -0.15) is 8.78 Å². The van der Waals surface area contributed by atoms with Crippen LogP contribution in [0.25, 0.3) is 11.4 Å². The number of tetrazole rings is 1. The SMILES string of the molecule is FC(F)Oc1c(-c2nnn(C3CCCCO3)n2)ccc(N(Cc2cccnc2)c2ccccc2)c1OCC1CC1. The predicted molar refractivity (Wildman–Crippen MR) is 143 cm³/mol. The summed E-state index contributed by atoms with van der Waals surface area (Å²) in [4.78, 5) is 7.65. The van der Waals surface area contributed by atoms with Crippen molar-refractivity contribution in [3.05, 3.63) is 72.6 Å². The highest BCUT2D eigenvalue weighted by Gasteiger charge is 2.30. The van der Waals surface area contributed by atoms with Gasteiger partial charge in [0.05, 0.1) is 17.9 Å². The quantitative estimate of drug-likeness (QED) is 0.220. The van der Waals surface area contributed by atoms with Gasteiger partial charge in [0.25, 0.3) is 0 Å². The Balaban J connectivity index is 1.45. The van der Waals surface area contributed by atoms with Gasteiger partial charge in [-0.25, -0.2) is 0 Å². The van der Waals surface area contributed by atoms with Gasteiger partial charge in [-0.1, -0.05) is 24.3 Å². The van der Waals surface area contributed by atoms with Gasteiger partial charge in [-0.15, -0.1) is 15.0 Å². The van der Waals surface area contributed by atoms with E-state index in [2.05, 4.69) is 20.4 Å². The summed E-state index contributed by atoms with van der Waals surface area (Å²) in [6.07, 6.45) is 7.94. The maximum absolute atomic E-state index is 13.9. The molecule has 0 N–H and O–H groups in total. The van der Waals surface area contributed by atoms with E-state index in [9.17, 15) is 8.78 Å². The molecule has 2 aliphatic rings. The first kappa shape index (κ1) is 26.1. The van der Waals surface area contributed by atoms with Crippen molar-refractivity contribution < 1.29 is 23.0 Å². The van der Waals surface area contributed by atoms with E-state index in [4.69, 9.17) is 14.2 Å². The molecule has 9 nitrogen and oxygen atoms in total. The third-order valence-corrected chi connectivity index (χ3v) is 6.96. The van der Waals surface area contributed by atoms with Crippen LogP contribution in [0, 0.1) is 5.92 Å². The molecule has 2 aromatic carbocycles. The molecule has 1 atom stereocenters. The second-order valence-corrected chi connectivity index (χ2v) is 9.96. The molecule has 2 fully saturated rings. The van der Waals surface area contributed by atoms with Gasteiger partial charge >= 0.3 is 6.61 Å². The summed E-state index contributed by atoms with van der Waals surface area (Å²) in [5.74, 6) is 0.625. The van der Waals surface area contributed by atoms with Crippen molar-refractivity contribution in [1.29, 1.82) is 0 Å². The average Bonchev–Trinajstić information content (AvgIpc) is 3.69. The van der Waals surface area contributed by atoms with Crippen LogP contribution >= 0.6 is 0 Å². The van der Waals surface area contributed by atoms with Crippen molar-refractivity contribution in [2.75, 3.05) is 18.1 Å². The molecule has 0 spiro atoms. The van der Waals surface area contributed by atoms with Crippen molar-refractivity contribution >= 4 is 11.4 Å². The number of hydrogen-bond donors (Lipinski definition) is 0. The maximum atomic E-state index is 13.9. The molecular weight excluding hydrogens is 518 g/mol. The van der Waals surface area contributed by atoms with E-state index in [0.29, 0.717) is 31.4 Å². The molecule has 1 saturated carbocycles. The molecule has 1 unspecified atom stereocenters. The van der Waals surface area contributed by atoms with Crippen molar-refractivity contribution in [2.24, 2.45) is 5.92 Å². The topological polar surface area (TPSA) is 87.4 Å². The van der Waals surface area contributed by atoms with Crippen LogP contribution in [0.5, 0.6) is 11.5 Å². The van der Waals surface area contributed by atoms with Crippen LogP contribution < -0.4 is 14.4 Å². The van der Waals surface area contributed by atoms with Crippen LogP contribution in [0.1, 0.15) is 43.9 Å². The monoisotopic (exact) mass is 548 g/mol. The summed E-state index contributed by atoms with van der Waals surface area (Å²) < 4.78 is 45.1. The van der Waals surface area contributed by atoms with Crippen LogP contribution in [-0.4, -0.2) is 45.0 Å². The zero-order chi connectivity index (χ0) is 27.3. The van der Waals surface area contributed by atoms with Crippen LogP contribution in [0.2, 0.25) is 0 Å². The average molecular weight is 549 g/mol. The lowest BCUT2D eigenvalue weighted by Gasteiger charge is -2.29. The highest BCUT2D eigenvalue weighted by Crippen LogP contribution is 2.48. The van der Waals surface area contributed by atoms with Gasteiger partial charge in [0, 0.05) is 31.2 Å². The van der Waals surface area contributed by atoms with Gasteiger partial charge in [0.1, 0.15) is 0 Å². The Hall–Kier alpha value is -4.12. The van der Waals surface area contributed by atoms with E-state index in [1.54, 1.807) is 18.5 Å². The van der Waals surface area contributed by atoms with E-state index < -0.39 is 6.61 Å². The van der Waals surface area contributed by atoms with E-state index in [0.717, 1.165) is 43.4 Å². The predicted octanol–water partition coefficient (Wildman–Crippen LogP) is 6.16. The number of halogens is 2. The van der Waals surface area contributed by atoms with Gasteiger partial charge < -0.3 is 19.1 Å². The molecule has 40 heavy (non-hydrogen) atoms. The highest BCUT2D eigenvalue weighted by atomic mass is 19.3. The van der Waals surface area contributed by atoms with Gasteiger partial charge in [0.15, 0.2) is 17.7 Å². The number of alkyl halides is 2. The van der Waals surface area contributed by atoms with E-state index >= 15 is 0 Å². The molecule has 1 saturated heterocycles. The number of aromatic nitrogens is 5. The Morgan fingerprint density at radius 2 is 1.88 bits per heavy atom. The van der Waals surface area contributed by atoms with Gasteiger partial charge in [0.2, 0.25) is 5.82 Å². The number of pyridine rings is 1. The zero-order valence-corrected chi connectivity index (χ0v) is 21.9. The summed E-state index contributed by atoms with van der Waals surface area (Å²) in [6.45, 7) is -1.65. The molecule has 0 amide bonds. The van der Waals surface area contributed by atoms with Crippen LogP contribution in [-0.2, 0) is 11.3 Å². The van der Waals surface area contributed by atoms with Crippen LogP contribution in [0.3, 0.4) is 0 Å². The number of para-hydroxylation sites is 1. The molecule has 11 heteroatoms. The molecule has 0 bridgehead atoms. The lowest BCUT2D eigenvalue weighted by molar-refractivity contribution is -0.0513. The molecule has 4 aromatic rings. The number of benzene rings is 2. The molecular formula is C29H30F2N6O3. The first-order valence-corrected chi connectivity index (χ1v) is 13.5. The molecule has 6 rings (SSSR count).